The highest BCUT2D eigenvalue weighted by atomic mass is 19.1. The van der Waals surface area contributed by atoms with Crippen molar-refractivity contribution in [1.82, 2.24) is 9.88 Å². The molecule has 2 atom stereocenters. The highest BCUT2D eigenvalue weighted by molar-refractivity contribution is 5.41. The van der Waals surface area contributed by atoms with E-state index in [0.29, 0.717) is 5.92 Å². The molecule has 3 fully saturated rings. The van der Waals surface area contributed by atoms with Crippen molar-refractivity contribution in [3.63, 3.8) is 0 Å². The van der Waals surface area contributed by atoms with Crippen molar-refractivity contribution in [3.8, 4) is 11.8 Å². The Balaban J connectivity index is 1.72. The number of piperidine rings is 3. The Labute approximate surface area is 158 Å². The van der Waals surface area contributed by atoms with Crippen molar-refractivity contribution in [2.45, 2.75) is 24.4 Å². The van der Waals surface area contributed by atoms with Crippen molar-refractivity contribution in [2.24, 2.45) is 5.92 Å². The van der Waals surface area contributed by atoms with Crippen LogP contribution in [0.15, 0.2) is 42.6 Å². The van der Waals surface area contributed by atoms with Crippen LogP contribution in [0.4, 0.5) is 8.78 Å². The van der Waals surface area contributed by atoms with E-state index in [9.17, 15) is 8.78 Å². The zero-order chi connectivity index (χ0) is 18.9. The van der Waals surface area contributed by atoms with Gasteiger partial charge in [-0.1, -0.05) is 30.0 Å². The van der Waals surface area contributed by atoms with Gasteiger partial charge in [-0.15, -0.1) is 0 Å². The first-order chi connectivity index (χ1) is 13.1. The zero-order valence-electron chi connectivity index (χ0n) is 15.3. The molecule has 3 aliphatic heterocycles. The van der Waals surface area contributed by atoms with E-state index in [1.54, 1.807) is 25.3 Å². The first kappa shape index (κ1) is 18.1. The van der Waals surface area contributed by atoms with Crippen molar-refractivity contribution in [3.05, 3.63) is 65.5 Å². The van der Waals surface area contributed by atoms with Gasteiger partial charge < -0.3 is 4.74 Å². The second-order valence-electron chi connectivity index (χ2n) is 7.31. The molecule has 3 nitrogen and oxygen atoms in total. The highest BCUT2D eigenvalue weighted by Crippen LogP contribution is 2.38. The topological polar surface area (TPSA) is 25.4 Å². The fourth-order valence-electron chi connectivity index (χ4n) is 4.21. The largest absolute Gasteiger partial charge is 0.364 e. The van der Waals surface area contributed by atoms with Gasteiger partial charge in [0, 0.05) is 25.8 Å². The lowest BCUT2D eigenvalue weighted by Gasteiger charge is -2.49. The lowest BCUT2D eigenvalue weighted by molar-refractivity contribution is -0.0962. The molecule has 2 bridgehead atoms. The SMILES string of the molecule is CO[C@]1(C#CC(c2ccc(F)cc2)c2ccc(F)nc2)CN2CCC1CC2. The Morgan fingerprint density at radius 1 is 1.11 bits per heavy atom. The molecule has 4 heterocycles. The molecule has 1 aromatic carbocycles. The Morgan fingerprint density at radius 3 is 2.37 bits per heavy atom. The Kier molecular flexibility index (Phi) is 4.94. The summed E-state index contributed by atoms with van der Waals surface area (Å²) in [6, 6.07) is 9.28. The van der Waals surface area contributed by atoms with Gasteiger partial charge in [-0.25, -0.2) is 9.37 Å². The maximum atomic E-state index is 13.4. The van der Waals surface area contributed by atoms with Crippen LogP contribution in [-0.2, 0) is 4.74 Å². The van der Waals surface area contributed by atoms with Crippen molar-refractivity contribution < 1.29 is 13.5 Å². The summed E-state index contributed by atoms with van der Waals surface area (Å²) in [5.41, 5.74) is 1.15. The molecule has 0 saturated carbocycles. The summed E-state index contributed by atoms with van der Waals surface area (Å²) < 4.78 is 32.6. The van der Waals surface area contributed by atoms with Crippen LogP contribution in [0.3, 0.4) is 0 Å². The van der Waals surface area contributed by atoms with Gasteiger partial charge in [0.1, 0.15) is 11.4 Å². The third-order valence-electron chi connectivity index (χ3n) is 5.78. The number of fused-ring (bicyclic) bond motifs is 3. The number of pyridine rings is 1. The lowest BCUT2D eigenvalue weighted by atomic mass is 9.75. The van der Waals surface area contributed by atoms with Crippen LogP contribution in [-0.4, -0.2) is 42.2 Å². The van der Waals surface area contributed by atoms with E-state index in [1.165, 1.54) is 24.4 Å². The predicted octanol–water partition coefficient (Wildman–Crippen LogP) is 3.61. The van der Waals surface area contributed by atoms with Gasteiger partial charge in [-0.05, 0) is 55.3 Å². The number of benzene rings is 1. The van der Waals surface area contributed by atoms with Gasteiger partial charge in [0.25, 0.3) is 0 Å². The number of rotatable bonds is 3. The van der Waals surface area contributed by atoms with E-state index in [0.717, 1.165) is 43.6 Å². The zero-order valence-corrected chi connectivity index (χ0v) is 15.3. The number of hydrogen-bond acceptors (Lipinski definition) is 3. The lowest BCUT2D eigenvalue weighted by Crippen LogP contribution is -2.59. The summed E-state index contributed by atoms with van der Waals surface area (Å²) in [6.07, 6.45) is 3.66. The first-order valence-electron chi connectivity index (χ1n) is 9.27. The fourth-order valence-corrected chi connectivity index (χ4v) is 4.21. The third-order valence-corrected chi connectivity index (χ3v) is 5.78. The van der Waals surface area contributed by atoms with Crippen LogP contribution in [0.5, 0.6) is 0 Å². The van der Waals surface area contributed by atoms with Gasteiger partial charge >= 0.3 is 0 Å². The van der Waals surface area contributed by atoms with E-state index < -0.39 is 11.5 Å². The molecule has 2 aromatic rings. The highest BCUT2D eigenvalue weighted by Gasteiger charge is 2.46. The molecule has 3 aliphatic rings. The molecule has 27 heavy (non-hydrogen) atoms. The molecule has 3 saturated heterocycles. The molecule has 140 valence electrons. The van der Waals surface area contributed by atoms with Crippen LogP contribution < -0.4 is 0 Å². The Bertz CT molecular complexity index is 803. The average Bonchev–Trinajstić information content (AvgIpc) is 2.71. The van der Waals surface area contributed by atoms with Gasteiger partial charge in [0.05, 0.1) is 5.92 Å². The molecule has 0 aliphatic carbocycles. The third kappa shape index (κ3) is 3.60. The van der Waals surface area contributed by atoms with Gasteiger partial charge in [-0.2, -0.15) is 4.39 Å². The van der Waals surface area contributed by atoms with E-state index in [-0.39, 0.29) is 11.7 Å². The summed E-state index contributed by atoms with van der Waals surface area (Å²) in [5.74, 6) is 6.03. The predicted molar refractivity (Wildman–Crippen MR) is 99.1 cm³/mol. The van der Waals surface area contributed by atoms with Crippen LogP contribution in [0.2, 0.25) is 0 Å². The summed E-state index contributed by atoms with van der Waals surface area (Å²) in [4.78, 5) is 6.16. The average molecular weight is 368 g/mol. The van der Waals surface area contributed by atoms with E-state index in [4.69, 9.17) is 4.74 Å². The molecule has 0 amide bonds. The first-order valence-corrected chi connectivity index (χ1v) is 9.27. The molecular formula is C22H22F2N2O. The van der Waals surface area contributed by atoms with Gasteiger partial charge in [0.2, 0.25) is 5.95 Å². The number of halogens is 2. The number of ether oxygens (including phenoxy) is 1. The fraction of sp³-hybridized carbons (Fsp3) is 0.409. The molecule has 1 aromatic heterocycles. The van der Waals surface area contributed by atoms with Crippen LogP contribution in [0.25, 0.3) is 0 Å². The normalized spacial score (nSPS) is 27.7. The van der Waals surface area contributed by atoms with Crippen LogP contribution in [0.1, 0.15) is 29.9 Å². The minimum absolute atomic E-state index is 0.298. The minimum Gasteiger partial charge on any atom is -0.364 e. The number of nitrogens with zero attached hydrogens (tertiary/aromatic N) is 2. The monoisotopic (exact) mass is 368 g/mol. The molecular weight excluding hydrogens is 346 g/mol. The van der Waals surface area contributed by atoms with Crippen LogP contribution >= 0.6 is 0 Å². The van der Waals surface area contributed by atoms with Gasteiger partial charge in [0.15, 0.2) is 0 Å². The van der Waals surface area contributed by atoms with Crippen molar-refractivity contribution in [2.75, 3.05) is 26.7 Å². The Morgan fingerprint density at radius 2 is 1.81 bits per heavy atom. The maximum Gasteiger partial charge on any atom is 0.212 e. The molecule has 5 heteroatoms. The van der Waals surface area contributed by atoms with Gasteiger partial charge in [-0.3, -0.25) is 4.90 Å². The number of methoxy groups -OCH3 is 1. The molecule has 1 unspecified atom stereocenters. The summed E-state index contributed by atoms with van der Waals surface area (Å²) in [6.45, 7) is 3.00. The summed E-state index contributed by atoms with van der Waals surface area (Å²) >= 11 is 0. The van der Waals surface area contributed by atoms with Crippen molar-refractivity contribution in [1.29, 1.82) is 0 Å². The molecule has 5 rings (SSSR count). The Hall–Kier alpha value is -2.29. The molecule has 0 N–H and O–H groups in total. The standard InChI is InChI=1S/C22H22F2N2O/c1-27-22(15-26-12-9-18(22)10-13-26)11-8-20(16-2-5-19(23)6-3-16)17-4-7-21(24)25-14-17/h2-7,14,18,20H,9-10,12-13,15H2,1H3/t20?,22-/m1/s1. The maximum absolute atomic E-state index is 13.4. The van der Waals surface area contributed by atoms with Crippen molar-refractivity contribution >= 4 is 0 Å². The van der Waals surface area contributed by atoms with E-state index in [2.05, 4.69) is 21.7 Å². The number of hydrogen-bond donors (Lipinski definition) is 0. The second-order valence-corrected chi connectivity index (χ2v) is 7.31. The smallest absolute Gasteiger partial charge is 0.212 e. The van der Waals surface area contributed by atoms with Crippen LogP contribution in [0, 0.1) is 29.5 Å². The second kappa shape index (κ2) is 7.38. The van der Waals surface area contributed by atoms with E-state index in [1.807, 2.05) is 0 Å². The molecule has 0 spiro atoms. The van der Waals surface area contributed by atoms with E-state index >= 15 is 0 Å². The number of aromatic nitrogens is 1. The summed E-state index contributed by atoms with van der Waals surface area (Å²) in [5, 5.41) is 0. The summed E-state index contributed by atoms with van der Waals surface area (Å²) in [7, 11) is 1.73. The molecule has 0 radical (unpaired) electrons. The minimum atomic E-state index is -0.532. The quantitative estimate of drug-likeness (QED) is 0.611.